The molecule has 1 atom stereocenters. The first kappa shape index (κ1) is 12.4. The van der Waals surface area contributed by atoms with Crippen molar-refractivity contribution in [1.82, 2.24) is 4.90 Å². The molecule has 0 bridgehead atoms. The Balaban J connectivity index is 2.12. The van der Waals surface area contributed by atoms with Crippen LogP contribution in [0.2, 0.25) is 5.02 Å². The van der Waals surface area contributed by atoms with Gasteiger partial charge < -0.3 is 5.11 Å². The van der Waals surface area contributed by atoms with Crippen LogP contribution >= 0.6 is 11.6 Å². The smallest absolute Gasteiger partial charge is 0.320 e. The molecular formula is C13H16ClNO2. The summed E-state index contributed by atoms with van der Waals surface area (Å²) in [5.41, 5.74) is 2.27. The van der Waals surface area contributed by atoms with E-state index in [-0.39, 0.29) is 6.04 Å². The van der Waals surface area contributed by atoms with Crippen molar-refractivity contribution in [3.63, 3.8) is 0 Å². The molecule has 17 heavy (non-hydrogen) atoms. The second kappa shape index (κ2) is 5.07. The highest BCUT2D eigenvalue weighted by Gasteiger charge is 2.30. The molecule has 1 N–H and O–H groups in total. The number of halogens is 1. The number of benzene rings is 1. The lowest BCUT2D eigenvalue weighted by molar-refractivity contribution is -0.142. The minimum Gasteiger partial charge on any atom is -0.480 e. The number of hydrogen-bond acceptors (Lipinski definition) is 2. The van der Waals surface area contributed by atoms with Crippen LogP contribution in [0, 0.1) is 6.92 Å². The third-order valence-corrected chi connectivity index (χ3v) is 3.56. The van der Waals surface area contributed by atoms with Crippen molar-refractivity contribution < 1.29 is 9.90 Å². The van der Waals surface area contributed by atoms with Gasteiger partial charge in [-0.25, -0.2) is 0 Å². The Kier molecular flexibility index (Phi) is 3.69. The van der Waals surface area contributed by atoms with E-state index in [4.69, 9.17) is 16.7 Å². The maximum Gasteiger partial charge on any atom is 0.320 e. The SMILES string of the molecule is Cc1cc(Cl)ccc1CN1CCCC1C(=O)O. The van der Waals surface area contributed by atoms with Crippen molar-refractivity contribution in [3.05, 3.63) is 34.3 Å². The van der Waals surface area contributed by atoms with E-state index in [1.165, 1.54) is 0 Å². The van der Waals surface area contributed by atoms with E-state index in [1.807, 2.05) is 30.0 Å². The van der Waals surface area contributed by atoms with E-state index in [2.05, 4.69) is 0 Å². The average Bonchev–Trinajstić information content (AvgIpc) is 2.70. The highest BCUT2D eigenvalue weighted by Crippen LogP contribution is 2.23. The van der Waals surface area contributed by atoms with Crippen LogP contribution in [0.15, 0.2) is 18.2 Å². The average molecular weight is 254 g/mol. The van der Waals surface area contributed by atoms with Crippen molar-refractivity contribution >= 4 is 17.6 Å². The third kappa shape index (κ3) is 2.79. The largest absolute Gasteiger partial charge is 0.480 e. The van der Waals surface area contributed by atoms with Gasteiger partial charge >= 0.3 is 5.97 Å². The summed E-state index contributed by atoms with van der Waals surface area (Å²) in [5, 5.41) is 9.84. The molecule has 1 heterocycles. The summed E-state index contributed by atoms with van der Waals surface area (Å²) in [5.74, 6) is -0.714. The molecule has 0 radical (unpaired) electrons. The number of aliphatic carboxylic acids is 1. The van der Waals surface area contributed by atoms with Crippen LogP contribution in [0.1, 0.15) is 24.0 Å². The molecule has 0 aliphatic carbocycles. The Morgan fingerprint density at radius 3 is 3.00 bits per heavy atom. The fourth-order valence-electron chi connectivity index (χ4n) is 2.35. The van der Waals surface area contributed by atoms with Gasteiger partial charge in [0.25, 0.3) is 0 Å². The molecule has 4 heteroatoms. The second-order valence-electron chi connectivity index (χ2n) is 4.54. The quantitative estimate of drug-likeness (QED) is 0.901. The van der Waals surface area contributed by atoms with E-state index in [1.54, 1.807) is 0 Å². The summed E-state index contributed by atoms with van der Waals surface area (Å²) in [6, 6.07) is 5.43. The van der Waals surface area contributed by atoms with Gasteiger partial charge in [0.05, 0.1) is 0 Å². The van der Waals surface area contributed by atoms with Crippen molar-refractivity contribution in [2.24, 2.45) is 0 Å². The van der Waals surface area contributed by atoms with Gasteiger partial charge in [0.15, 0.2) is 0 Å². The number of likely N-dealkylation sites (tertiary alicyclic amines) is 1. The van der Waals surface area contributed by atoms with Crippen LogP contribution in [-0.2, 0) is 11.3 Å². The predicted octanol–water partition coefficient (Wildman–Crippen LogP) is 2.70. The Labute approximate surface area is 106 Å². The number of aryl methyl sites for hydroxylation is 1. The summed E-state index contributed by atoms with van der Waals surface area (Å²) in [7, 11) is 0. The highest BCUT2D eigenvalue weighted by molar-refractivity contribution is 6.30. The normalized spacial score (nSPS) is 20.7. The topological polar surface area (TPSA) is 40.5 Å². The first-order valence-electron chi connectivity index (χ1n) is 5.80. The van der Waals surface area contributed by atoms with Gasteiger partial charge in [0.1, 0.15) is 6.04 Å². The van der Waals surface area contributed by atoms with Crippen LogP contribution in [0.5, 0.6) is 0 Å². The zero-order valence-corrected chi connectivity index (χ0v) is 10.6. The van der Waals surface area contributed by atoms with Crippen LogP contribution in [0.4, 0.5) is 0 Å². The summed E-state index contributed by atoms with van der Waals surface area (Å²) < 4.78 is 0. The van der Waals surface area contributed by atoms with Gasteiger partial charge in [-0.3, -0.25) is 9.69 Å². The lowest BCUT2D eigenvalue weighted by atomic mass is 10.1. The summed E-state index contributed by atoms with van der Waals surface area (Å²) in [6.07, 6.45) is 1.71. The lowest BCUT2D eigenvalue weighted by Crippen LogP contribution is -2.35. The predicted molar refractivity (Wildman–Crippen MR) is 67.3 cm³/mol. The molecule has 2 rings (SSSR count). The fourth-order valence-corrected chi connectivity index (χ4v) is 2.58. The molecule has 92 valence electrons. The zero-order valence-electron chi connectivity index (χ0n) is 9.82. The zero-order chi connectivity index (χ0) is 12.4. The van der Waals surface area contributed by atoms with Crippen molar-refractivity contribution in [2.75, 3.05) is 6.54 Å². The van der Waals surface area contributed by atoms with E-state index in [0.29, 0.717) is 6.54 Å². The molecule has 1 aliphatic heterocycles. The summed E-state index contributed by atoms with van der Waals surface area (Å²) >= 11 is 5.90. The van der Waals surface area contributed by atoms with Crippen molar-refractivity contribution in [1.29, 1.82) is 0 Å². The van der Waals surface area contributed by atoms with Crippen molar-refractivity contribution in [3.8, 4) is 0 Å². The Morgan fingerprint density at radius 2 is 2.35 bits per heavy atom. The minimum atomic E-state index is -0.714. The second-order valence-corrected chi connectivity index (χ2v) is 4.97. The number of rotatable bonds is 3. The summed E-state index contributed by atoms with van der Waals surface area (Å²) in [4.78, 5) is 13.1. The molecule has 1 unspecified atom stereocenters. The molecule has 0 aromatic heterocycles. The number of carbonyl (C=O) groups is 1. The van der Waals surface area contributed by atoms with Gasteiger partial charge in [-0.05, 0) is 49.6 Å². The van der Waals surface area contributed by atoms with E-state index < -0.39 is 5.97 Å². The third-order valence-electron chi connectivity index (χ3n) is 3.33. The first-order chi connectivity index (χ1) is 8.08. The number of nitrogens with zero attached hydrogens (tertiary/aromatic N) is 1. The molecule has 0 saturated carbocycles. The molecule has 1 saturated heterocycles. The molecule has 3 nitrogen and oxygen atoms in total. The Bertz CT molecular complexity index is 433. The maximum absolute atomic E-state index is 11.1. The molecule has 1 aliphatic rings. The minimum absolute atomic E-state index is 0.329. The molecule has 0 spiro atoms. The standard InChI is InChI=1S/C13H16ClNO2/c1-9-7-11(14)5-4-10(9)8-15-6-2-3-12(15)13(16)17/h4-5,7,12H,2-3,6,8H2,1H3,(H,16,17). The molecule has 0 amide bonds. The molecule has 1 fully saturated rings. The van der Waals surface area contributed by atoms with Crippen molar-refractivity contribution in [2.45, 2.75) is 32.4 Å². The van der Waals surface area contributed by atoms with Crippen LogP contribution < -0.4 is 0 Å². The number of carboxylic acid groups (broad SMARTS) is 1. The van der Waals surface area contributed by atoms with Gasteiger partial charge in [-0.2, -0.15) is 0 Å². The summed E-state index contributed by atoms with van der Waals surface area (Å²) in [6.45, 7) is 3.56. The van der Waals surface area contributed by atoms with E-state index in [9.17, 15) is 4.79 Å². The van der Waals surface area contributed by atoms with Crippen LogP contribution in [0.3, 0.4) is 0 Å². The monoisotopic (exact) mass is 253 g/mol. The van der Waals surface area contributed by atoms with Gasteiger partial charge in [0, 0.05) is 11.6 Å². The maximum atomic E-state index is 11.1. The highest BCUT2D eigenvalue weighted by atomic mass is 35.5. The molecular weight excluding hydrogens is 238 g/mol. The molecule has 1 aromatic carbocycles. The number of carboxylic acids is 1. The lowest BCUT2D eigenvalue weighted by Gasteiger charge is -2.22. The van der Waals surface area contributed by atoms with Gasteiger partial charge in [0.2, 0.25) is 0 Å². The molecule has 1 aromatic rings. The van der Waals surface area contributed by atoms with E-state index >= 15 is 0 Å². The van der Waals surface area contributed by atoms with Crippen LogP contribution in [0.25, 0.3) is 0 Å². The van der Waals surface area contributed by atoms with Gasteiger partial charge in [-0.1, -0.05) is 17.7 Å². The number of hydrogen-bond donors (Lipinski definition) is 1. The first-order valence-corrected chi connectivity index (χ1v) is 6.17. The Hall–Kier alpha value is -1.06. The van der Waals surface area contributed by atoms with E-state index in [0.717, 1.165) is 35.5 Å². The van der Waals surface area contributed by atoms with Crippen LogP contribution in [-0.4, -0.2) is 28.6 Å². The van der Waals surface area contributed by atoms with Gasteiger partial charge in [-0.15, -0.1) is 0 Å². The Morgan fingerprint density at radius 1 is 1.59 bits per heavy atom. The fraction of sp³-hybridized carbons (Fsp3) is 0.462.